The lowest BCUT2D eigenvalue weighted by molar-refractivity contribution is -0.144. The summed E-state index contributed by atoms with van der Waals surface area (Å²) < 4.78 is 17.7. The zero-order valence-corrected chi connectivity index (χ0v) is 30.6. The molecule has 3 aliphatic rings. The van der Waals surface area contributed by atoms with E-state index in [2.05, 4.69) is 15.7 Å². The molecule has 3 heterocycles. The number of aromatic nitrogens is 2. The predicted molar refractivity (Wildman–Crippen MR) is 191 cm³/mol. The molecule has 0 radical (unpaired) electrons. The Labute approximate surface area is 309 Å². The summed E-state index contributed by atoms with van der Waals surface area (Å²) in [5, 5.41) is 10.3. The Bertz CT molecular complexity index is 1590. The van der Waals surface area contributed by atoms with Crippen LogP contribution in [0.4, 0.5) is 4.79 Å². The van der Waals surface area contributed by atoms with E-state index in [1.807, 2.05) is 13.0 Å². The van der Waals surface area contributed by atoms with Crippen molar-refractivity contribution in [2.45, 2.75) is 89.8 Å². The Morgan fingerprint density at radius 1 is 0.906 bits per heavy atom. The first-order valence-electron chi connectivity index (χ1n) is 18.7. The van der Waals surface area contributed by atoms with Gasteiger partial charge < -0.3 is 39.5 Å². The molecule has 1 aromatic heterocycles. The Kier molecular flexibility index (Phi) is 14.1. The summed E-state index contributed by atoms with van der Waals surface area (Å²) in [5.41, 5.74) is 0.487. The number of esters is 1. The number of nitrogens with one attached hydrogen (secondary N) is 2. The maximum atomic E-state index is 13.8. The molecule has 1 aromatic carbocycles. The molecule has 1 aliphatic carbocycles. The van der Waals surface area contributed by atoms with Crippen LogP contribution in [0.2, 0.25) is 0 Å². The van der Waals surface area contributed by atoms with E-state index in [-0.39, 0.29) is 88.3 Å². The Balaban J connectivity index is 1.28. The smallest absolute Gasteiger partial charge is 0.409 e. The van der Waals surface area contributed by atoms with Crippen LogP contribution in [-0.2, 0) is 28.7 Å². The summed E-state index contributed by atoms with van der Waals surface area (Å²) in [7, 11) is 0. The quantitative estimate of drug-likeness (QED) is 0.192. The minimum atomic E-state index is -1.10. The molecule has 5 amide bonds. The third kappa shape index (κ3) is 10.5. The number of nitrogens with zero attached hydrogens (tertiary/aromatic N) is 5. The fourth-order valence-electron chi connectivity index (χ4n) is 6.44. The monoisotopic (exact) mass is 737 g/mol. The Hall–Kier alpha value is -5.15. The van der Waals surface area contributed by atoms with Crippen molar-refractivity contribution in [3.63, 3.8) is 0 Å². The van der Waals surface area contributed by atoms with Crippen molar-refractivity contribution in [1.29, 1.82) is 0 Å². The van der Waals surface area contributed by atoms with E-state index in [9.17, 15) is 28.8 Å². The summed E-state index contributed by atoms with van der Waals surface area (Å²) in [5.74, 6) is -1.97. The normalized spacial score (nSPS) is 17.8. The zero-order valence-electron chi connectivity index (χ0n) is 30.6. The van der Waals surface area contributed by atoms with E-state index < -0.39 is 36.0 Å². The lowest BCUT2D eigenvalue weighted by Gasteiger charge is -2.35. The summed E-state index contributed by atoms with van der Waals surface area (Å²) in [6.07, 6.45) is 5.26. The first-order valence-corrected chi connectivity index (χ1v) is 18.7. The van der Waals surface area contributed by atoms with Crippen LogP contribution >= 0.6 is 0 Å². The van der Waals surface area contributed by atoms with Crippen LogP contribution in [-0.4, -0.2) is 131 Å². The molecule has 53 heavy (non-hydrogen) atoms. The van der Waals surface area contributed by atoms with Gasteiger partial charge in [0.15, 0.2) is 12.3 Å². The maximum absolute atomic E-state index is 13.8. The van der Waals surface area contributed by atoms with E-state index in [4.69, 9.17) is 14.2 Å². The Morgan fingerprint density at radius 2 is 1.64 bits per heavy atom. The van der Waals surface area contributed by atoms with Gasteiger partial charge in [-0.2, -0.15) is 5.10 Å². The number of piperazine rings is 1. The van der Waals surface area contributed by atoms with Gasteiger partial charge in [-0.3, -0.25) is 24.0 Å². The van der Waals surface area contributed by atoms with Crippen LogP contribution in [0.15, 0.2) is 36.4 Å². The summed E-state index contributed by atoms with van der Waals surface area (Å²) in [6, 6.07) is 8.82. The number of amides is 5. The number of unbranched alkanes of at least 4 members (excludes halogenated alkanes) is 1. The van der Waals surface area contributed by atoms with E-state index >= 15 is 0 Å². The molecule has 5 rings (SSSR count). The highest BCUT2D eigenvalue weighted by Gasteiger charge is 2.36. The van der Waals surface area contributed by atoms with Gasteiger partial charge in [0.2, 0.25) is 17.7 Å². The molecule has 16 heteroatoms. The Morgan fingerprint density at radius 3 is 2.32 bits per heavy atom. The molecule has 2 N–H and O–H groups in total. The number of ether oxygens (including phenoxy) is 3. The van der Waals surface area contributed by atoms with Crippen LogP contribution in [0.3, 0.4) is 0 Å². The van der Waals surface area contributed by atoms with Gasteiger partial charge in [-0.1, -0.05) is 31.5 Å². The summed E-state index contributed by atoms with van der Waals surface area (Å²) in [4.78, 5) is 83.2. The van der Waals surface area contributed by atoms with Crippen LogP contribution < -0.4 is 15.4 Å². The van der Waals surface area contributed by atoms with Gasteiger partial charge in [0.25, 0.3) is 11.8 Å². The molecular formula is C37H51N7O9. The average molecular weight is 738 g/mol. The lowest BCUT2D eigenvalue weighted by Crippen LogP contribution is -2.56. The first-order chi connectivity index (χ1) is 25.7. The molecule has 2 atom stereocenters. The first kappa shape index (κ1) is 39.1. The number of para-hydroxylation sites is 1. The number of hydrogen-bond acceptors (Lipinski definition) is 10. The van der Waals surface area contributed by atoms with Gasteiger partial charge in [-0.25, -0.2) is 9.48 Å². The summed E-state index contributed by atoms with van der Waals surface area (Å²) >= 11 is 0. The molecule has 1 saturated carbocycles. The lowest BCUT2D eigenvalue weighted by atomic mass is 9.93. The van der Waals surface area contributed by atoms with Gasteiger partial charge in [-0.15, -0.1) is 0 Å². The van der Waals surface area contributed by atoms with E-state index in [0.717, 1.165) is 25.7 Å². The van der Waals surface area contributed by atoms with Crippen molar-refractivity contribution < 1.29 is 43.0 Å². The zero-order chi connectivity index (χ0) is 37.7. The molecule has 288 valence electrons. The molecule has 0 bridgehead atoms. The van der Waals surface area contributed by atoms with Crippen molar-refractivity contribution >= 4 is 35.7 Å². The number of carbonyl (C=O) groups is 6. The number of hydrogen-bond donors (Lipinski definition) is 2. The SMILES string of the molecule is CCCCOC(=O)CCC(NC(=O)c1cc(OCC(=O)N2CCCC2C(=O)NC2CCC2)n(-c2ccccc2)n1)C(=O)N1CCN(C(=O)OCC)CC1. The maximum Gasteiger partial charge on any atom is 0.409 e. The van der Waals surface area contributed by atoms with E-state index in [0.29, 0.717) is 31.5 Å². The fourth-order valence-corrected chi connectivity index (χ4v) is 6.44. The largest absolute Gasteiger partial charge is 0.467 e. The van der Waals surface area contributed by atoms with E-state index in [1.165, 1.54) is 15.6 Å². The molecule has 2 aliphatic heterocycles. The fraction of sp³-hybridized carbons (Fsp3) is 0.595. The molecule has 16 nitrogen and oxygen atoms in total. The molecule has 2 aromatic rings. The minimum Gasteiger partial charge on any atom is -0.467 e. The third-order valence-corrected chi connectivity index (χ3v) is 9.70. The topological polar surface area (TPSA) is 182 Å². The second-order valence-electron chi connectivity index (χ2n) is 13.4. The van der Waals surface area contributed by atoms with Crippen LogP contribution in [0.1, 0.15) is 82.1 Å². The van der Waals surface area contributed by atoms with Gasteiger partial charge in [0.1, 0.15) is 12.1 Å². The second-order valence-corrected chi connectivity index (χ2v) is 13.4. The number of carbonyl (C=O) groups excluding carboxylic acids is 6. The molecule has 2 unspecified atom stereocenters. The van der Waals surface area contributed by atoms with Crippen molar-refractivity contribution in [1.82, 2.24) is 35.1 Å². The van der Waals surface area contributed by atoms with Crippen LogP contribution in [0.5, 0.6) is 5.88 Å². The minimum absolute atomic E-state index is 0.0177. The number of rotatable bonds is 16. The highest BCUT2D eigenvalue weighted by molar-refractivity contribution is 5.96. The van der Waals surface area contributed by atoms with Crippen molar-refractivity contribution in [3.8, 4) is 11.6 Å². The number of benzene rings is 1. The average Bonchev–Trinajstić information content (AvgIpc) is 3.83. The van der Waals surface area contributed by atoms with Crippen molar-refractivity contribution in [3.05, 3.63) is 42.1 Å². The second kappa shape index (κ2) is 19.1. The van der Waals surface area contributed by atoms with Crippen molar-refractivity contribution in [2.24, 2.45) is 0 Å². The predicted octanol–water partition coefficient (Wildman–Crippen LogP) is 2.43. The molecule has 2 saturated heterocycles. The van der Waals surface area contributed by atoms with E-state index in [1.54, 1.807) is 41.0 Å². The van der Waals surface area contributed by atoms with Crippen LogP contribution in [0.25, 0.3) is 5.69 Å². The van der Waals surface area contributed by atoms with Crippen molar-refractivity contribution in [2.75, 3.05) is 52.5 Å². The molecular weight excluding hydrogens is 686 g/mol. The third-order valence-electron chi connectivity index (χ3n) is 9.70. The standard InChI is InChI=1S/C37H51N7O9/c1-3-5-23-52-33(46)17-16-28(36(49)41-19-21-42(22-20-41)37(50)51-4-2)39-34(47)29-24-32(44(40-29)27-13-7-6-8-14-27)53-25-31(45)43-18-10-15-30(43)35(48)38-26-11-9-12-26/h6-8,13-14,24,26,28,30H,3-5,9-12,15-23,25H2,1-2H3,(H,38,48)(H,39,47). The molecule has 0 spiro atoms. The number of likely N-dealkylation sites (tertiary alicyclic amines) is 1. The highest BCUT2D eigenvalue weighted by Crippen LogP contribution is 2.24. The van der Waals surface area contributed by atoms with Gasteiger partial charge in [-0.05, 0) is 64.0 Å². The summed E-state index contributed by atoms with van der Waals surface area (Å²) in [6.45, 7) is 5.22. The molecule has 3 fully saturated rings. The van der Waals surface area contributed by atoms with Crippen LogP contribution in [0, 0.1) is 0 Å². The van der Waals surface area contributed by atoms with Gasteiger partial charge >= 0.3 is 12.1 Å². The van der Waals surface area contributed by atoms with Gasteiger partial charge in [0.05, 0.1) is 18.9 Å². The van der Waals surface area contributed by atoms with Gasteiger partial charge in [0, 0.05) is 51.3 Å². The highest BCUT2D eigenvalue weighted by atomic mass is 16.6.